The second kappa shape index (κ2) is 4.45. The minimum Gasteiger partial charge on any atom is -0.375 e. The molecule has 1 aliphatic rings. The topological polar surface area (TPSA) is 9.23 Å². The second-order valence-corrected chi connectivity index (χ2v) is 5.10. The lowest BCUT2D eigenvalue weighted by molar-refractivity contribution is -0.132. The zero-order valence-corrected chi connectivity index (χ0v) is 9.60. The molecule has 0 heterocycles. The van der Waals surface area contributed by atoms with E-state index in [0.717, 1.165) is 12.5 Å². The highest BCUT2D eigenvalue weighted by molar-refractivity contribution is 4.92. The monoisotopic (exact) mass is 184 g/mol. The van der Waals surface area contributed by atoms with Crippen molar-refractivity contribution in [3.63, 3.8) is 0 Å². The van der Waals surface area contributed by atoms with Crippen LogP contribution in [0, 0.1) is 11.8 Å². The van der Waals surface area contributed by atoms with Gasteiger partial charge in [-0.25, -0.2) is 0 Å². The molecule has 0 spiro atoms. The highest BCUT2D eigenvalue weighted by Gasteiger charge is 2.40. The second-order valence-electron chi connectivity index (χ2n) is 5.10. The molecule has 1 rings (SSSR count). The van der Waals surface area contributed by atoms with Crippen molar-refractivity contribution in [1.82, 2.24) is 0 Å². The Morgan fingerprint density at radius 1 is 1.15 bits per heavy atom. The van der Waals surface area contributed by atoms with Crippen LogP contribution in [0.4, 0.5) is 0 Å². The highest BCUT2D eigenvalue weighted by Crippen LogP contribution is 2.41. The normalized spacial score (nSPS) is 20.8. The fourth-order valence-corrected chi connectivity index (χ4v) is 1.91. The number of ether oxygens (including phenoxy) is 1. The molecule has 0 radical (unpaired) electrons. The summed E-state index contributed by atoms with van der Waals surface area (Å²) in [7, 11) is 0. The molecule has 0 amide bonds. The van der Waals surface area contributed by atoms with Gasteiger partial charge in [0.15, 0.2) is 0 Å². The molecule has 1 aliphatic carbocycles. The summed E-state index contributed by atoms with van der Waals surface area (Å²) in [5.41, 5.74) is 0.259. The summed E-state index contributed by atoms with van der Waals surface area (Å²) in [5.74, 6) is 1.46. The first-order valence-corrected chi connectivity index (χ1v) is 5.71. The largest absolute Gasteiger partial charge is 0.375 e. The fourth-order valence-electron chi connectivity index (χ4n) is 1.91. The third kappa shape index (κ3) is 2.70. The molecule has 0 aromatic rings. The van der Waals surface area contributed by atoms with Gasteiger partial charge in [-0.05, 0) is 37.5 Å². The minimum atomic E-state index is 0.259. The Kier molecular flexibility index (Phi) is 3.78. The maximum atomic E-state index is 6.04. The molecular formula is C12H24O. The number of hydrogen-bond acceptors (Lipinski definition) is 1. The lowest BCUT2D eigenvalue weighted by Crippen LogP contribution is -2.45. The number of hydrogen-bond donors (Lipinski definition) is 0. The van der Waals surface area contributed by atoms with Crippen LogP contribution in [-0.4, -0.2) is 12.2 Å². The Balaban J connectivity index is 2.24. The van der Waals surface area contributed by atoms with Crippen molar-refractivity contribution in [2.45, 2.75) is 59.0 Å². The SMILES string of the molecule is CC(C)CCOC1(C(C)C)CCC1. The first-order chi connectivity index (χ1) is 6.07. The standard InChI is InChI=1S/C12H24O/c1-10(2)6-9-13-12(11(3)4)7-5-8-12/h10-11H,5-9H2,1-4H3. The van der Waals surface area contributed by atoms with Crippen molar-refractivity contribution in [3.05, 3.63) is 0 Å². The first-order valence-electron chi connectivity index (χ1n) is 5.71. The number of rotatable bonds is 5. The van der Waals surface area contributed by atoms with E-state index in [1.807, 2.05) is 0 Å². The fraction of sp³-hybridized carbons (Fsp3) is 1.00. The molecule has 0 unspecified atom stereocenters. The summed E-state index contributed by atoms with van der Waals surface area (Å²) >= 11 is 0. The summed E-state index contributed by atoms with van der Waals surface area (Å²) in [4.78, 5) is 0. The lowest BCUT2D eigenvalue weighted by Gasteiger charge is -2.45. The van der Waals surface area contributed by atoms with Crippen LogP contribution in [0.5, 0.6) is 0 Å². The van der Waals surface area contributed by atoms with E-state index in [1.165, 1.54) is 25.7 Å². The molecule has 0 atom stereocenters. The van der Waals surface area contributed by atoms with Gasteiger partial charge in [-0.15, -0.1) is 0 Å². The molecule has 0 saturated heterocycles. The van der Waals surface area contributed by atoms with Crippen LogP contribution in [0.25, 0.3) is 0 Å². The summed E-state index contributed by atoms with van der Waals surface area (Å²) in [6, 6.07) is 0. The minimum absolute atomic E-state index is 0.259. The molecule has 0 N–H and O–H groups in total. The van der Waals surface area contributed by atoms with Crippen LogP contribution in [0.3, 0.4) is 0 Å². The van der Waals surface area contributed by atoms with E-state index in [-0.39, 0.29) is 5.60 Å². The van der Waals surface area contributed by atoms with Gasteiger partial charge in [-0.3, -0.25) is 0 Å². The molecule has 1 heteroatoms. The van der Waals surface area contributed by atoms with Gasteiger partial charge < -0.3 is 4.74 Å². The molecule has 13 heavy (non-hydrogen) atoms. The molecule has 0 aromatic carbocycles. The molecule has 1 saturated carbocycles. The Morgan fingerprint density at radius 3 is 2.08 bits per heavy atom. The van der Waals surface area contributed by atoms with Crippen molar-refractivity contribution < 1.29 is 4.74 Å². The van der Waals surface area contributed by atoms with Crippen molar-refractivity contribution in [3.8, 4) is 0 Å². The summed E-state index contributed by atoms with van der Waals surface area (Å²) in [6.07, 6.45) is 5.12. The Morgan fingerprint density at radius 2 is 1.77 bits per heavy atom. The quantitative estimate of drug-likeness (QED) is 0.634. The van der Waals surface area contributed by atoms with E-state index >= 15 is 0 Å². The van der Waals surface area contributed by atoms with Gasteiger partial charge in [0.2, 0.25) is 0 Å². The first kappa shape index (κ1) is 11.0. The average Bonchev–Trinajstić information content (AvgIpc) is 1.93. The molecule has 1 nitrogen and oxygen atoms in total. The van der Waals surface area contributed by atoms with Crippen molar-refractivity contribution >= 4 is 0 Å². The van der Waals surface area contributed by atoms with Gasteiger partial charge in [0, 0.05) is 6.61 Å². The Bertz CT molecular complexity index is 145. The zero-order chi connectivity index (χ0) is 9.90. The van der Waals surface area contributed by atoms with Gasteiger partial charge in [-0.2, -0.15) is 0 Å². The average molecular weight is 184 g/mol. The van der Waals surface area contributed by atoms with Crippen LogP contribution in [0.15, 0.2) is 0 Å². The maximum absolute atomic E-state index is 6.04. The van der Waals surface area contributed by atoms with E-state index in [9.17, 15) is 0 Å². The van der Waals surface area contributed by atoms with Gasteiger partial charge >= 0.3 is 0 Å². The van der Waals surface area contributed by atoms with Crippen LogP contribution in [0.2, 0.25) is 0 Å². The van der Waals surface area contributed by atoms with Crippen LogP contribution in [-0.2, 0) is 4.74 Å². The van der Waals surface area contributed by atoms with Gasteiger partial charge in [0.25, 0.3) is 0 Å². The van der Waals surface area contributed by atoms with E-state index < -0.39 is 0 Å². The molecule has 0 aromatic heterocycles. The molecule has 78 valence electrons. The Hall–Kier alpha value is -0.0400. The highest BCUT2D eigenvalue weighted by atomic mass is 16.5. The molecule has 1 fully saturated rings. The molecule has 0 aliphatic heterocycles. The van der Waals surface area contributed by atoms with Gasteiger partial charge in [0.1, 0.15) is 0 Å². The van der Waals surface area contributed by atoms with E-state index in [0.29, 0.717) is 5.92 Å². The zero-order valence-electron chi connectivity index (χ0n) is 9.60. The van der Waals surface area contributed by atoms with Gasteiger partial charge in [0.05, 0.1) is 5.60 Å². The Labute approximate surface area is 82.9 Å². The molecular weight excluding hydrogens is 160 g/mol. The van der Waals surface area contributed by atoms with Crippen molar-refractivity contribution in [1.29, 1.82) is 0 Å². The van der Waals surface area contributed by atoms with E-state index in [4.69, 9.17) is 4.74 Å². The predicted octanol–water partition coefficient (Wildman–Crippen LogP) is 3.63. The van der Waals surface area contributed by atoms with Crippen LogP contribution >= 0.6 is 0 Å². The van der Waals surface area contributed by atoms with Crippen molar-refractivity contribution in [2.24, 2.45) is 11.8 Å². The van der Waals surface area contributed by atoms with Gasteiger partial charge in [-0.1, -0.05) is 27.7 Å². The summed E-state index contributed by atoms with van der Waals surface area (Å²) in [5, 5.41) is 0. The van der Waals surface area contributed by atoms with E-state index in [1.54, 1.807) is 0 Å². The summed E-state index contributed by atoms with van der Waals surface area (Å²) in [6.45, 7) is 10.0. The van der Waals surface area contributed by atoms with Crippen molar-refractivity contribution in [2.75, 3.05) is 6.61 Å². The third-order valence-electron chi connectivity index (χ3n) is 3.34. The maximum Gasteiger partial charge on any atom is 0.0705 e. The smallest absolute Gasteiger partial charge is 0.0705 e. The van der Waals surface area contributed by atoms with Crippen LogP contribution in [0.1, 0.15) is 53.4 Å². The summed E-state index contributed by atoms with van der Waals surface area (Å²) < 4.78 is 6.04. The third-order valence-corrected chi connectivity index (χ3v) is 3.34. The lowest BCUT2D eigenvalue weighted by atomic mass is 9.72. The molecule has 0 bridgehead atoms. The van der Waals surface area contributed by atoms with Crippen LogP contribution < -0.4 is 0 Å². The predicted molar refractivity (Wildman–Crippen MR) is 56.8 cm³/mol. The van der Waals surface area contributed by atoms with E-state index in [2.05, 4.69) is 27.7 Å².